The van der Waals surface area contributed by atoms with Crippen LogP contribution in [0.3, 0.4) is 0 Å². The second-order valence-electron chi connectivity index (χ2n) is 7.12. The summed E-state index contributed by atoms with van der Waals surface area (Å²) in [6.45, 7) is 10.4. The van der Waals surface area contributed by atoms with Crippen molar-refractivity contribution in [2.24, 2.45) is 5.92 Å². The van der Waals surface area contributed by atoms with Gasteiger partial charge in [-0.15, -0.1) is 0 Å². The van der Waals surface area contributed by atoms with Gasteiger partial charge in [-0.3, -0.25) is 0 Å². The van der Waals surface area contributed by atoms with Gasteiger partial charge >= 0.3 is 0 Å². The van der Waals surface area contributed by atoms with Gasteiger partial charge in [-0.05, 0) is 59.4 Å². The molecule has 0 spiro atoms. The molecule has 1 heterocycles. The average Bonchev–Trinajstić information content (AvgIpc) is 2.79. The zero-order valence-electron chi connectivity index (χ0n) is 13.9. The van der Waals surface area contributed by atoms with Crippen molar-refractivity contribution in [2.75, 3.05) is 13.2 Å². The topological polar surface area (TPSA) is 47.3 Å². The van der Waals surface area contributed by atoms with Gasteiger partial charge < -0.3 is 14.5 Å². The molecule has 1 aromatic heterocycles. The van der Waals surface area contributed by atoms with Gasteiger partial charge in [-0.2, -0.15) is 0 Å². The van der Waals surface area contributed by atoms with Crippen molar-refractivity contribution >= 4 is 0 Å². The molecule has 1 N–H and O–H groups in total. The highest BCUT2D eigenvalue weighted by molar-refractivity contribution is 4.98. The zero-order valence-corrected chi connectivity index (χ0v) is 13.9. The molecule has 0 aromatic carbocycles. The van der Waals surface area contributed by atoms with E-state index in [2.05, 4.69) is 38.0 Å². The number of aromatic nitrogens is 1. The molecule has 0 unspecified atom stereocenters. The minimum absolute atomic E-state index is 0.184. The summed E-state index contributed by atoms with van der Waals surface area (Å²) in [5.41, 5.74) is 0.184. The fourth-order valence-electron chi connectivity index (χ4n) is 2.76. The first kappa shape index (κ1) is 16.5. The third-order valence-corrected chi connectivity index (χ3v) is 3.91. The van der Waals surface area contributed by atoms with Crippen LogP contribution in [0, 0.1) is 5.92 Å². The lowest BCUT2D eigenvalue weighted by Gasteiger charge is -2.34. The van der Waals surface area contributed by atoms with Gasteiger partial charge in [0.15, 0.2) is 5.89 Å². The number of hydrogen-bond acceptors (Lipinski definition) is 4. The monoisotopic (exact) mass is 294 g/mol. The minimum atomic E-state index is 0.184. The molecule has 0 bridgehead atoms. The van der Waals surface area contributed by atoms with Crippen LogP contribution in [0.2, 0.25) is 0 Å². The average molecular weight is 294 g/mol. The molecule has 4 heteroatoms. The smallest absolute Gasteiger partial charge is 0.194 e. The molecule has 0 aliphatic heterocycles. The Hall–Kier alpha value is -0.870. The summed E-state index contributed by atoms with van der Waals surface area (Å²) in [5, 5.41) is 3.48. The third kappa shape index (κ3) is 5.79. The zero-order chi connectivity index (χ0) is 15.3. The third-order valence-electron chi connectivity index (χ3n) is 3.91. The van der Waals surface area contributed by atoms with Crippen molar-refractivity contribution in [3.05, 3.63) is 17.8 Å². The van der Waals surface area contributed by atoms with Crippen LogP contribution in [-0.2, 0) is 17.6 Å². The van der Waals surface area contributed by atoms with Gasteiger partial charge in [-0.1, -0.05) is 0 Å². The van der Waals surface area contributed by atoms with E-state index in [1.807, 2.05) is 6.20 Å². The second-order valence-corrected chi connectivity index (χ2v) is 7.12. The van der Waals surface area contributed by atoms with E-state index >= 15 is 0 Å². The van der Waals surface area contributed by atoms with Gasteiger partial charge in [0, 0.05) is 25.0 Å². The Labute approximate surface area is 128 Å². The van der Waals surface area contributed by atoms with Crippen LogP contribution in [0.15, 0.2) is 10.6 Å². The summed E-state index contributed by atoms with van der Waals surface area (Å²) in [7, 11) is 0. The number of rotatable bonds is 8. The molecule has 120 valence electrons. The van der Waals surface area contributed by atoms with Gasteiger partial charge in [-0.25, -0.2) is 4.98 Å². The molecule has 0 amide bonds. The number of oxazole rings is 1. The maximum Gasteiger partial charge on any atom is 0.194 e. The number of ether oxygens (including phenoxy) is 1. The van der Waals surface area contributed by atoms with E-state index in [4.69, 9.17) is 9.15 Å². The van der Waals surface area contributed by atoms with Crippen LogP contribution in [0.5, 0.6) is 0 Å². The molecule has 1 aliphatic carbocycles. The number of aryl methyl sites for hydroxylation is 1. The fraction of sp³-hybridized carbons (Fsp3) is 0.824. The molecular formula is C17H30N2O2. The van der Waals surface area contributed by atoms with Gasteiger partial charge in [0.1, 0.15) is 5.76 Å². The summed E-state index contributed by atoms with van der Waals surface area (Å²) in [4.78, 5) is 4.39. The predicted molar refractivity (Wildman–Crippen MR) is 84.4 cm³/mol. The lowest BCUT2D eigenvalue weighted by atomic mass is 9.79. The lowest BCUT2D eigenvalue weighted by molar-refractivity contribution is -0.0252. The SMILES string of the molecule is CCOC1CC(Cc2cnc(CCCNC(C)(C)C)o2)C1. The highest BCUT2D eigenvalue weighted by atomic mass is 16.5. The largest absolute Gasteiger partial charge is 0.446 e. The predicted octanol–water partition coefficient (Wildman–Crippen LogP) is 3.35. The Morgan fingerprint density at radius 1 is 1.38 bits per heavy atom. The summed E-state index contributed by atoms with van der Waals surface area (Å²) >= 11 is 0. The van der Waals surface area contributed by atoms with Crippen LogP contribution in [0.1, 0.15) is 58.6 Å². The quantitative estimate of drug-likeness (QED) is 0.747. The van der Waals surface area contributed by atoms with Crippen LogP contribution >= 0.6 is 0 Å². The van der Waals surface area contributed by atoms with E-state index in [0.717, 1.165) is 44.1 Å². The maximum absolute atomic E-state index is 5.84. The van der Waals surface area contributed by atoms with E-state index in [1.165, 1.54) is 12.8 Å². The highest BCUT2D eigenvalue weighted by Gasteiger charge is 2.30. The first-order valence-corrected chi connectivity index (χ1v) is 8.26. The van der Waals surface area contributed by atoms with Gasteiger partial charge in [0.05, 0.1) is 12.3 Å². The van der Waals surface area contributed by atoms with Crippen LogP contribution < -0.4 is 5.32 Å². The van der Waals surface area contributed by atoms with Crippen molar-refractivity contribution in [3.8, 4) is 0 Å². The Bertz CT molecular complexity index is 417. The lowest BCUT2D eigenvalue weighted by Crippen LogP contribution is -2.36. The van der Waals surface area contributed by atoms with Crippen molar-refractivity contribution in [1.82, 2.24) is 10.3 Å². The molecule has 21 heavy (non-hydrogen) atoms. The van der Waals surface area contributed by atoms with E-state index < -0.39 is 0 Å². The highest BCUT2D eigenvalue weighted by Crippen LogP contribution is 2.32. The summed E-state index contributed by atoms with van der Waals surface area (Å²) in [5.74, 6) is 2.63. The number of hydrogen-bond donors (Lipinski definition) is 1. The van der Waals surface area contributed by atoms with E-state index in [1.54, 1.807) is 0 Å². The molecule has 2 rings (SSSR count). The summed E-state index contributed by atoms with van der Waals surface area (Å²) in [6.07, 6.45) is 7.70. The van der Waals surface area contributed by atoms with Crippen LogP contribution in [0.4, 0.5) is 0 Å². The van der Waals surface area contributed by atoms with Gasteiger partial charge in [0.2, 0.25) is 0 Å². The Morgan fingerprint density at radius 3 is 2.81 bits per heavy atom. The Balaban J connectivity index is 1.63. The van der Waals surface area contributed by atoms with Crippen molar-refractivity contribution in [2.45, 2.75) is 71.4 Å². The Morgan fingerprint density at radius 2 is 2.14 bits per heavy atom. The minimum Gasteiger partial charge on any atom is -0.446 e. The summed E-state index contributed by atoms with van der Waals surface area (Å²) in [6, 6.07) is 0. The van der Waals surface area contributed by atoms with E-state index in [0.29, 0.717) is 12.0 Å². The van der Waals surface area contributed by atoms with Crippen molar-refractivity contribution < 1.29 is 9.15 Å². The van der Waals surface area contributed by atoms with Crippen molar-refractivity contribution in [3.63, 3.8) is 0 Å². The van der Waals surface area contributed by atoms with Crippen molar-refractivity contribution in [1.29, 1.82) is 0 Å². The molecular weight excluding hydrogens is 264 g/mol. The van der Waals surface area contributed by atoms with E-state index in [9.17, 15) is 0 Å². The molecule has 4 nitrogen and oxygen atoms in total. The molecule has 1 saturated carbocycles. The van der Waals surface area contributed by atoms with Crippen LogP contribution in [-0.4, -0.2) is 29.8 Å². The van der Waals surface area contributed by atoms with E-state index in [-0.39, 0.29) is 5.54 Å². The van der Waals surface area contributed by atoms with Gasteiger partial charge in [0.25, 0.3) is 0 Å². The fourth-order valence-corrected chi connectivity index (χ4v) is 2.76. The van der Waals surface area contributed by atoms with Crippen LogP contribution in [0.25, 0.3) is 0 Å². The normalized spacial score (nSPS) is 22.3. The number of nitrogens with zero attached hydrogens (tertiary/aromatic N) is 1. The molecule has 1 aromatic rings. The Kier molecular flexibility index (Phi) is 5.82. The molecule has 0 saturated heterocycles. The first-order chi connectivity index (χ1) is 9.96. The molecule has 0 radical (unpaired) electrons. The first-order valence-electron chi connectivity index (χ1n) is 8.26. The number of nitrogens with one attached hydrogen (secondary N) is 1. The molecule has 1 aliphatic rings. The molecule has 0 atom stereocenters. The summed E-state index contributed by atoms with van der Waals surface area (Å²) < 4.78 is 11.4. The second kappa shape index (κ2) is 7.41. The molecule has 1 fully saturated rings. The standard InChI is InChI=1S/C17H30N2O2/c1-5-20-14-9-13(10-14)11-15-12-18-16(21-15)7-6-8-19-17(2,3)4/h12-14,19H,5-11H2,1-4H3. The maximum atomic E-state index is 5.84.